The van der Waals surface area contributed by atoms with Crippen molar-refractivity contribution in [1.29, 1.82) is 0 Å². The SMILES string of the molecule is CCOC(=O)c1c(C)c2c(N)n(-c3ccccc3)c(=O)nc2n(-c2ccccc2)c1=S. The second-order valence-corrected chi connectivity index (χ2v) is 7.23. The van der Waals surface area contributed by atoms with Crippen molar-refractivity contribution >= 4 is 35.0 Å². The molecule has 2 N–H and O–H groups in total. The van der Waals surface area contributed by atoms with Crippen LogP contribution in [-0.4, -0.2) is 26.7 Å². The first-order valence-electron chi connectivity index (χ1n) is 9.71. The van der Waals surface area contributed by atoms with Crippen LogP contribution in [0.4, 0.5) is 5.82 Å². The number of pyridine rings is 1. The van der Waals surface area contributed by atoms with Crippen LogP contribution in [0.2, 0.25) is 0 Å². The number of carbonyl (C=O) groups excluding carboxylic acids is 1. The Morgan fingerprint density at radius 2 is 1.58 bits per heavy atom. The van der Waals surface area contributed by atoms with Gasteiger partial charge in [-0.05, 0) is 43.7 Å². The van der Waals surface area contributed by atoms with Crippen LogP contribution >= 0.6 is 12.2 Å². The fourth-order valence-corrected chi connectivity index (χ4v) is 4.06. The van der Waals surface area contributed by atoms with Crippen LogP contribution in [0.1, 0.15) is 22.8 Å². The van der Waals surface area contributed by atoms with E-state index in [1.165, 1.54) is 4.57 Å². The number of aromatic nitrogens is 3. The zero-order chi connectivity index (χ0) is 22.1. The molecule has 2 aromatic heterocycles. The van der Waals surface area contributed by atoms with Crippen LogP contribution in [0.5, 0.6) is 0 Å². The number of ether oxygens (including phenoxy) is 1. The zero-order valence-electron chi connectivity index (χ0n) is 17.0. The van der Waals surface area contributed by atoms with E-state index in [0.29, 0.717) is 22.3 Å². The molecule has 0 bridgehead atoms. The molecule has 0 amide bonds. The van der Waals surface area contributed by atoms with Crippen molar-refractivity contribution in [1.82, 2.24) is 14.1 Å². The number of nitrogens with two attached hydrogens (primary N) is 1. The number of carbonyl (C=O) groups is 1. The van der Waals surface area contributed by atoms with Crippen molar-refractivity contribution < 1.29 is 9.53 Å². The Labute approximate surface area is 183 Å². The van der Waals surface area contributed by atoms with E-state index >= 15 is 0 Å². The molecule has 0 aliphatic rings. The molecular weight excluding hydrogens is 412 g/mol. The third kappa shape index (κ3) is 3.40. The van der Waals surface area contributed by atoms with Crippen LogP contribution < -0.4 is 11.4 Å². The standard InChI is InChI=1S/C23H20N4O3S/c1-3-30-22(28)18-14(2)17-19(24)26(15-10-6-4-7-11-15)23(29)25-20(17)27(21(18)31)16-12-8-5-9-13-16/h4-13H,3,24H2,1-2H3. The molecule has 156 valence electrons. The van der Waals surface area contributed by atoms with E-state index in [1.54, 1.807) is 42.7 Å². The predicted molar refractivity (Wildman–Crippen MR) is 123 cm³/mol. The topological polar surface area (TPSA) is 92.1 Å². The number of esters is 1. The smallest absolute Gasteiger partial charge is 0.355 e. The van der Waals surface area contributed by atoms with Gasteiger partial charge in [-0.3, -0.25) is 4.57 Å². The lowest BCUT2D eigenvalue weighted by Crippen LogP contribution is -2.26. The first kappa shape index (κ1) is 20.5. The Morgan fingerprint density at radius 1 is 1.03 bits per heavy atom. The van der Waals surface area contributed by atoms with Gasteiger partial charge in [0.05, 0.1) is 23.2 Å². The fourth-order valence-electron chi connectivity index (χ4n) is 3.63. The number of rotatable bonds is 4. The van der Waals surface area contributed by atoms with Crippen LogP contribution in [-0.2, 0) is 4.74 Å². The molecule has 0 spiro atoms. The van der Waals surface area contributed by atoms with E-state index in [4.69, 9.17) is 22.7 Å². The first-order valence-corrected chi connectivity index (χ1v) is 10.1. The Morgan fingerprint density at radius 3 is 2.13 bits per heavy atom. The van der Waals surface area contributed by atoms with Gasteiger partial charge >= 0.3 is 11.7 Å². The second kappa shape index (κ2) is 8.16. The summed E-state index contributed by atoms with van der Waals surface area (Å²) in [6.07, 6.45) is 0. The summed E-state index contributed by atoms with van der Waals surface area (Å²) in [7, 11) is 0. The molecule has 7 nitrogen and oxygen atoms in total. The number of hydrogen-bond donors (Lipinski definition) is 1. The molecule has 4 aromatic rings. The van der Waals surface area contributed by atoms with Gasteiger partial charge in [-0.1, -0.05) is 48.6 Å². The van der Waals surface area contributed by atoms with Gasteiger partial charge in [0.25, 0.3) is 0 Å². The average molecular weight is 433 g/mol. The number of nitrogen functional groups attached to an aromatic ring is 1. The molecule has 0 saturated carbocycles. The monoisotopic (exact) mass is 432 g/mol. The molecule has 2 heterocycles. The Bertz CT molecular complexity index is 1410. The third-order valence-corrected chi connectivity index (χ3v) is 5.39. The molecule has 0 aliphatic carbocycles. The maximum Gasteiger partial charge on any atom is 0.355 e. The summed E-state index contributed by atoms with van der Waals surface area (Å²) in [5.74, 6) is -0.377. The van der Waals surface area contributed by atoms with Crippen LogP contribution in [0, 0.1) is 11.6 Å². The van der Waals surface area contributed by atoms with E-state index in [1.807, 2.05) is 36.4 Å². The van der Waals surface area contributed by atoms with Crippen molar-refractivity contribution in [2.24, 2.45) is 0 Å². The Kier molecular flexibility index (Phi) is 5.39. The van der Waals surface area contributed by atoms with Gasteiger partial charge in [0, 0.05) is 5.69 Å². The minimum atomic E-state index is -0.548. The van der Waals surface area contributed by atoms with Crippen molar-refractivity contribution in [2.75, 3.05) is 12.3 Å². The zero-order valence-corrected chi connectivity index (χ0v) is 17.8. The Balaban J connectivity index is 2.21. The summed E-state index contributed by atoms with van der Waals surface area (Å²) in [6, 6.07) is 18.1. The van der Waals surface area contributed by atoms with Gasteiger partial charge in [0.15, 0.2) is 5.65 Å². The predicted octanol–water partition coefficient (Wildman–Crippen LogP) is 3.97. The van der Waals surface area contributed by atoms with Crippen LogP contribution in [0.25, 0.3) is 22.4 Å². The van der Waals surface area contributed by atoms with Gasteiger partial charge < -0.3 is 10.5 Å². The molecule has 0 fully saturated rings. The molecule has 0 aliphatic heterocycles. The van der Waals surface area contributed by atoms with Gasteiger partial charge in [-0.2, -0.15) is 4.98 Å². The van der Waals surface area contributed by atoms with E-state index < -0.39 is 11.7 Å². The maximum absolute atomic E-state index is 13.0. The second-order valence-electron chi connectivity index (χ2n) is 6.85. The highest BCUT2D eigenvalue weighted by Gasteiger charge is 2.24. The number of fused-ring (bicyclic) bond motifs is 1. The summed E-state index contributed by atoms with van der Waals surface area (Å²) in [6.45, 7) is 3.66. The molecule has 31 heavy (non-hydrogen) atoms. The van der Waals surface area contributed by atoms with E-state index in [0.717, 1.165) is 0 Å². The van der Waals surface area contributed by atoms with E-state index in [9.17, 15) is 9.59 Å². The lowest BCUT2D eigenvalue weighted by molar-refractivity contribution is 0.0524. The number of anilines is 1. The van der Waals surface area contributed by atoms with Crippen molar-refractivity contribution in [3.63, 3.8) is 0 Å². The molecule has 0 radical (unpaired) electrons. The lowest BCUT2D eigenvalue weighted by atomic mass is 10.1. The number of benzene rings is 2. The molecule has 0 saturated heterocycles. The number of nitrogens with zero attached hydrogens (tertiary/aromatic N) is 3. The number of aryl methyl sites for hydroxylation is 1. The van der Waals surface area contributed by atoms with Gasteiger partial charge in [-0.25, -0.2) is 14.2 Å². The highest BCUT2D eigenvalue weighted by Crippen LogP contribution is 2.30. The van der Waals surface area contributed by atoms with E-state index in [2.05, 4.69) is 4.98 Å². The molecule has 0 atom stereocenters. The lowest BCUT2D eigenvalue weighted by Gasteiger charge is -2.19. The van der Waals surface area contributed by atoms with Crippen molar-refractivity contribution in [3.05, 3.63) is 86.9 Å². The highest BCUT2D eigenvalue weighted by atomic mass is 32.1. The highest BCUT2D eigenvalue weighted by molar-refractivity contribution is 7.71. The summed E-state index contributed by atoms with van der Waals surface area (Å²) >= 11 is 5.66. The largest absolute Gasteiger partial charge is 0.462 e. The van der Waals surface area contributed by atoms with Crippen molar-refractivity contribution in [3.8, 4) is 11.4 Å². The van der Waals surface area contributed by atoms with Gasteiger partial charge in [0.2, 0.25) is 0 Å². The Hall–Kier alpha value is -3.78. The molecule has 4 rings (SSSR count). The summed E-state index contributed by atoms with van der Waals surface area (Å²) < 4.78 is 8.38. The normalized spacial score (nSPS) is 10.9. The van der Waals surface area contributed by atoms with E-state index in [-0.39, 0.29) is 28.3 Å². The van der Waals surface area contributed by atoms with Gasteiger partial charge in [0.1, 0.15) is 10.5 Å². The van der Waals surface area contributed by atoms with Crippen molar-refractivity contribution in [2.45, 2.75) is 13.8 Å². The van der Waals surface area contributed by atoms with Gasteiger partial charge in [-0.15, -0.1) is 0 Å². The third-order valence-electron chi connectivity index (χ3n) is 5.00. The first-order chi connectivity index (χ1) is 15.0. The number of para-hydroxylation sites is 2. The quantitative estimate of drug-likeness (QED) is 0.387. The summed E-state index contributed by atoms with van der Waals surface area (Å²) in [4.78, 5) is 30.2. The molecule has 0 unspecified atom stereocenters. The minimum Gasteiger partial charge on any atom is -0.462 e. The maximum atomic E-state index is 13.0. The molecular formula is C23H20N4O3S. The summed E-state index contributed by atoms with van der Waals surface area (Å²) in [5.41, 5.74) is 8.23. The molecule has 8 heteroatoms. The number of hydrogen-bond acceptors (Lipinski definition) is 6. The minimum absolute atomic E-state index is 0.170. The average Bonchev–Trinajstić information content (AvgIpc) is 2.75. The summed E-state index contributed by atoms with van der Waals surface area (Å²) in [5, 5.41) is 0.462. The van der Waals surface area contributed by atoms with Crippen LogP contribution in [0.15, 0.2) is 65.5 Å². The fraction of sp³-hybridized carbons (Fsp3) is 0.130. The van der Waals surface area contributed by atoms with Crippen LogP contribution in [0.3, 0.4) is 0 Å². The molecule has 2 aromatic carbocycles.